The molecular weight excluding hydrogens is 348 g/mol. The molecule has 0 aromatic carbocycles. The van der Waals surface area contributed by atoms with Crippen molar-refractivity contribution in [2.24, 2.45) is 29.1 Å². The highest BCUT2D eigenvalue weighted by Gasteiger charge is 2.62. The molecule has 8 atom stereocenters. The molecular formula is C25H40O3. The van der Waals surface area contributed by atoms with Gasteiger partial charge in [-0.15, -0.1) is 0 Å². The summed E-state index contributed by atoms with van der Waals surface area (Å²) < 4.78 is 6.87. The zero-order valence-corrected chi connectivity index (χ0v) is 18.5. The molecule has 3 heteroatoms. The summed E-state index contributed by atoms with van der Waals surface area (Å²) in [7, 11) is 0. The smallest absolute Gasteiger partial charge is 0.0769 e. The lowest BCUT2D eigenvalue weighted by Crippen LogP contribution is -2.46. The van der Waals surface area contributed by atoms with Gasteiger partial charge in [-0.1, -0.05) is 31.6 Å². The van der Waals surface area contributed by atoms with Gasteiger partial charge in [0.15, 0.2) is 0 Å². The third-order valence-corrected chi connectivity index (χ3v) is 9.03. The summed E-state index contributed by atoms with van der Waals surface area (Å²) in [5, 5.41) is 21.2. The number of hydrogen-bond acceptors (Lipinski definition) is 3. The topological polar surface area (TPSA) is 49.7 Å². The second kappa shape index (κ2) is 6.96. The lowest BCUT2D eigenvalue weighted by atomic mass is 9.62. The number of fused-ring (bicyclic) bond motifs is 3. The first kappa shape index (κ1) is 20.6. The molecule has 4 aliphatic rings. The monoisotopic (exact) mass is 388 g/mol. The Morgan fingerprint density at radius 1 is 1.25 bits per heavy atom. The van der Waals surface area contributed by atoms with Crippen LogP contribution in [0.2, 0.25) is 0 Å². The predicted octanol–water partition coefficient (Wildman–Crippen LogP) is 5.02. The fourth-order valence-electron chi connectivity index (χ4n) is 7.52. The number of aliphatic hydroxyl groups is 2. The molecule has 0 bridgehead atoms. The molecule has 0 radical (unpaired) electrons. The molecule has 0 amide bonds. The second-order valence-electron chi connectivity index (χ2n) is 11.2. The Morgan fingerprint density at radius 2 is 2.00 bits per heavy atom. The molecule has 0 unspecified atom stereocenters. The lowest BCUT2D eigenvalue weighted by Gasteiger charge is -2.46. The molecule has 0 aromatic rings. The van der Waals surface area contributed by atoms with E-state index in [1.165, 1.54) is 17.6 Å². The SMILES string of the molecule is CC(C)=C[C@H]1C[C@H](C)[C@]2(CC[C@]3(C)C[C@H]4[C@H](CC[C@@]4(C)O)C(CO)=CC[C@H]32)O1. The Labute approximate surface area is 171 Å². The van der Waals surface area contributed by atoms with Gasteiger partial charge in [0.25, 0.3) is 0 Å². The Morgan fingerprint density at radius 3 is 2.68 bits per heavy atom. The van der Waals surface area contributed by atoms with E-state index >= 15 is 0 Å². The summed E-state index contributed by atoms with van der Waals surface area (Å²) >= 11 is 0. The van der Waals surface area contributed by atoms with Gasteiger partial charge in [0.1, 0.15) is 0 Å². The van der Waals surface area contributed by atoms with Crippen LogP contribution in [0, 0.1) is 29.1 Å². The first-order valence-corrected chi connectivity index (χ1v) is 11.5. The number of aliphatic hydroxyl groups excluding tert-OH is 1. The van der Waals surface area contributed by atoms with Gasteiger partial charge in [0.2, 0.25) is 0 Å². The van der Waals surface area contributed by atoms with Crippen molar-refractivity contribution >= 4 is 0 Å². The van der Waals surface area contributed by atoms with Crippen LogP contribution in [0.5, 0.6) is 0 Å². The number of rotatable bonds is 2. The Hall–Kier alpha value is -0.640. The molecule has 2 saturated carbocycles. The van der Waals surface area contributed by atoms with E-state index in [1.807, 2.05) is 6.92 Å². The van der Waals surface area contributed by atoms with Crippen LogP contribution in [-0.2, 0) is 4.74 Å². The highest BCUT2D eigenvalue weighted by atomic mass is 16.5. The van der Waals surface area contributed by atoms with Crippen LogP contribution in [0.15, 0.2) is 23.3 Å². The normalized spacial score (nSPS) is 50.7. The molecule has 1 spiro atoms. The third-order valence-electron chi connectivity index (χ3n) is 9.03. The van der Waals surface area contributed by atoms with Crippen molar-refractivity contribution in [2.75, 3.05) is 6.61 Å². The van der Waals surface area contributed by atoms with Gasteiger partial charge in [-0.3, -0.25) is 0 Å². The van der Waals surface area contributed by atoms with Crippen LogP contribution in [0.4, 0.5) is 0 Å². The third kappa shape index (κ3) is 3.13. The summed E-state index contributed by atoms with van der Waals surface area (Å²) in [6.07, 6.45) is 12.2. The number of allylic oxidation sites excluding steroid dienone is 2. The van der Waals surface area contributed by atoms with Crippen LogP contribution in [0.3, 0.4) is 0 Å². The van der Waals surface area contributed by atoms with E-state index in [9.17, 15) is 10.2 Å². The first-order chi connectivity index (χ1) is 13.1. The summed E-state index contributed by atoms with van der Waals surface area (Å²) in [6, 6.07) is 0. The minimum Gasteiger partial charge on any atom is -0.392 e. The maximum Gasteiger partial charge on any atom is 0.0769 e. The van der Waals surface area contributed by atoms with Crippen LogP contribution in [0.1, 0.15) is 79.6 Å². The lowest BCUT2D eigenvalue weighted by molar-refractivity contribution is -0.0946. The molecule has 1 aliphatic heterocycles. The quantitative estimate of drug-likeness (QED) is 0.653. The van der Waals surface area contributed by atoms with Crippen molar-refractivity contribution in [3.63, 3.8) is 0 Å². The van der Waals surface area contributed by atoms with Gasteiger partial charge in [-0.25, -0.2) is 0 Å². The Bertz CT molecular complexity index is 673. The van der Waals surface area contributed by atoms with Gasteiger partial charge >= 0.3 is 0 Å². The average Bonchev–Trinajstić information content (AvgIpc) is 3.15. The minimum absolute atomic E-state index is 0.0558. The molecule has 158 valence electrons. The summed E-state index contributed by atoms with van der Waals surface area (Å²) in [6.45, 7) is 11.3. The first-order valence-electron chi connectivity index (χ1n) is 11.5. The van der Waals surface area contributed by atoms with Gasteiger partial charge in [0.05, 0.1) is 23.9 Å². The van der Waals surface area contributed by atoms with E-state index in [2.05, 4.69) is 39.8 Å². The maximum absolute atomic E-state index is 11.2. The van der Waals surface area contributed by atoms with Crippen LogP contribution < -0.4 is 0 Å². The molecule has 0 aromatic heterocycles. The Kier molecular flexibility index (Phi) is 5.13. The second-order valence-corrected chi connectivity index (χ2v) is 11.2. The molecule has 4 rings (SSSR count). The molecule has 3 aliphatic carbocycles. The molecule has 1 heterocycles. The highest BCUT2D eigenvalue weighted by molar-refractivity contribution is 5.22. The predicted molar refractivity (Wildman–Crippen MR) is 113 cm³/mol. The highest BCUT2D eigenvalue weighted by Crippen LogP contribution is 2.64. The number of ether oxygens (including phenoxy) is 1. The van der Waals surface area contributed by atoms with Gasteiger partial charge in [-0.2, -0.15) is 0 Å². The Balaban J connectivity index is 1.70. The molecule has 2 N–H and O–H groups in total. The van der Waals surface area contributed by atoms with Crippen molar-refractivity contribution in [3.05, 3.63) is 23.3 Å². The van der Waals surface area contributed by atoms with Crippen molar-refractivity contribution < 1.29 is 14.9 Å². The molecule has 3 fully saturated rings. The van der Waals surface area contributed by atoms with E-state index in [4.69, 9.17) is 4.74 Å². The molecule has 28 heavy (non-hydrogen) atoms. The van der Waals surface area contributed by atoms with Crippen LogP contribution in [-0.4, -0.2) is 34.1 Å². The van der Waals surface area contributed by atoms with Gasteiger partial charge < -0.3 is 14.9 Å². The van der Waals surface area contributed by atoms with E-state index in [1.54, 1.807) is 0 Å². The van der Waals surface area contributed by atoms with E-state index in [-0.39, 0.29) is 29.6 Å². The fraction of sp³-hybridized carbons (Fsp3) is 0.840. The standard InChI is InChI=1S/C25H40O3/c1-16(2)12-19-13-17(3)25(28-19)11-10-23(4)14-21-20(8-9-24(21,5)27)18(15-26)6-7-22(23)25/h6,12,17,19-22,26-27H,7-11,13-15H2,1-5H3/t17-,19-,20+,21-,22+,23+,24+,25-/m0/s1. The largest absolute Gasteiger partial charge is 0.392 e. The zero-order valence-electron chi connectivity index (χ0n) is 18.5. The summed E-state index contributed by atoms with van der Waals surface area (Å²) in [5.41, 5.74) is 2.02. The zero-order chi connectivity index (χ0) is 20.3. The number of hydrogen-bond donors (Lipinski definition) is 2. The summed E-state index contributed by atoms with van der Waals surface area (Å²) in [5.74, 6) is 1.60. The van der Waals surface area contributed by atoms with Gasteiger partial charge in [0, 0.05) is 0 Å². The average molecular weight is 389 g/mol. The van der Waals surface area contributed by atoms with Crippen molar-refractivity contribution in [1.29, 1.82) is 0 Å². The van der Waals surface area contributed by atoms with Crippen LogP contribution in [0.25, 0.3) is 0 Å². The minimum atomic E-state index is -0.619. The molecule has 1 saturated heterocycles. The molecule has 3 nitrogen and oxygen atoms in total. The van der Waals surface area contributed by atoms with Gasteiger partial charge in [-0.05, 0) is 100 Å². The van der Waals surface area contributed by atoms with E-state index in [0.717, 1.165) is 38.5 Å². The van der Waals surface area contributed by atoms with Crippen LogP contribution >= 0.6 is 0 Å². The van der Waals surface area contributed by atoms with E-state index in [0.29, 0.717) is 17.8 Å². The maximum atomic E-state index is 11.2. The van der Waals surface area contributed by atoms with Crippen molar-refractivity contribution in [1.82, 2.24) is 0 Å². The summed E-state index contributed by atoms with van der Waals surface area (Å²) in [4.78, 5) is 0. The van der Waals surface area contributed by atoms with Crippen molar-refractivity contribution in [2.45, 2.75) is 96.9 Å². The fourth-order valence-corrected chi connectivity index (χ4v) is 7.52. The van der Waals surface area contributed by atoms with Crippen molar-refractivity contribution in [3.8, 4) is 0 Å². The van der Waals surface area contributed by atoms with E-state index < -0.39 is 5.60 Å².